The van der Waals surface area contributed by atoms with Crippen LogP contribution < -0.4 is 4.90 Å². The number of likely N-dealkylation sites (tertiary alicyclic amines) is 1. The van der Waals surface area contributed by atoms with Crippen LogP contribution in [0.25, 0.3) is 0 Å². The lowest BCUT2D eigenvalue weighted by atomic mass is 9.74. The van der Waals surface area contributed by atoms with Crippen molar-refractivity contribution in [3.8, 4) is 11.8 Å². The Morgan fingerprint density at radius 2 is 1.81 bits per heavy atom. The van der Waals surface area contributed by atoms with E-state index in [1.54, 1.807) is 12.1 Å². The lowest BCUT2D eigenvalue weighted by Crippen LogP contribution is -2.47. The molecule has 0 saturated carbocycles. The third-order valence-corrected chi connectivity index (χ3v) is 7.30. The number of furan rings is 1. The summed E-state index contributed by atoms with van der Waals surface area (Å²) in [7, 11) is 1.43. The van der Waals surface area contributed by atoms with E-state index in [0.29, 0.717) is 37.6 Å². The molecule has 3 heterocycles. The number of methoxy groups -OCH3 is 1. The van der Waals surface area contributed by atoms with E-state index < -0.39 is 0 Å². The standard InChI is InChI=1S/C30H30N2O4/c1-22-8-12-26-25(20-22)30(21-32(26)17-14-28(33)35-2)15-18-31(19-16-30)29(34)27-13-11-24(36-27)10-9-23-6-4-3-5-7-23/h3-8,11-13,20H,14-19,21H2,1-2H3. The number of nitrogens with zero attached hydrogens (tertiary/aromatic N) is 2. The summed E-state index contributed by atoms with van der Waals surface area (Å²) in [6, 6.07) is 19.7. The molecule has 5 rings (SSSR count). The van der Waals surface area contributed by atoms with Crippen LogP contribution in [0.1, 0.15) is 52.3 Å². The van der Waals surface area contributed by atoms with E-state index in [-0.39, 0.29) is 17.3 Å². The molecule has 6 nitrogen and oxygen atoms in total. The van der Waals surface area contributed by atoms with Crippen LogP contribution in [0.15, 0.2) is 65.1 Å². The maximum absolute atomic E-state index is 13.2. The van der Waals surface area contributed by atoms with E-state index in [0.717, 1.165) is 24.9 Å². The fourth-order valence-electron chi connectivity index (χ4n) is 5.31. The Balaban J connectivity index is 1.27. The summed E-state index contributed by atoms with van der Waals surface area (Å²) in [5.74, 6) is 6.58. The molecule has 0 unspecified atom stereocenters. The van der Waals surface area contributed by atoms with Gasteiger partial charge in [0.15, 0.2) is 11.5 Å². The lowest BCUT2D eigenvalue weighted by molar-refractivity contribution is -0.140. The quantitative estimate of drug-likeness (QED) is 0.404. The monoisotopic (exact) mass is 482 g/mol. The number of hydrogen-bond donors (Lipinski definition) is 0. The molecular formula is C30H30N2O4. The topological polar surface area (TPSA) is 63.0 Å². The second-order valence-corrected chi connectivity index (χ2v) is 9.62. The molecule has 0 N–H and O–H groups in total. The molecule has 36 heavy (non-hydrogen) atoms. The number of amides is 1. The average molecular weight is 483 g/mol. The number of benzene rings is 2. The number of anilines is 1. The van der Waals surface area contributed by atoms with E-state index in [9.17, 15) is 9.59 Å². The summed E-state index contributed by atoms with van der Waals surface area (Å²) in [4.78, 5) is 29.1. The van der Waals surface area contributed by atoms with Crippen molar-refractivity contribution in [1.29, 1.82) is 0 Å². The van der Waals surface area contributed by atoms with Crippen molar-refractivity contribution in [1.82, 2.24) is 4.90 Å². The molecule has 6 heteroatoms. The Labute approximate surface area is 211 Å². The highest BCUT2D eigenvalue weighted by Gasteiger charge is 2.45. The molecule has 184 valence electrons. The fraction of sp³-hybridized carbons (Fsp3) is 0.333. The summed E-state index contributed by atoms with van der Waals surface area (Å²) in [6.45, 7) is 4.90. The van der Waals surface area contributed by atoms with Gasteiger partial charge in [-0.2, -0.15) is 0 Å². The van der Waals surface area contributed by atoms with Crippen molar-refractivity contribution in [3.05, 3.63) is 88.9 Å². The van der Waals surface area contributed by atoms with Crippen LogP contribution in [0.4, 0.5) is 5.69 Å². The van der Waals surface area contributed by atoms with Crippen LogP contribution in [0.5, 0.6) is 0 Å². The second-order valence-electron chi connectivity index (χ2n) is 9.62. The van der Waals surface area contributed by atoms with Crippen LogP contribution in [0.2, 0.25) is 0 Å². The molecule has 3 aromatic rings. The van der Waals surface area contributed by atoms with Crippen LogP contribution in [0.3, 0.4) is 0 Å². The normalized spacial score (nSPS) is 15.8. The first-order chi connectivity index (χ1) is 17.5. The van der Waals surface area contributed by atoms with Crippen molar-refractivity contribution in [2.75, 3.05) is 38.2 Å². The largest absolute Gasteiger partial charge is 0.469 e. The fourth-order valence-corrected chi connectivity index (χ4v) is 5.31. The highest BCUT2D eigenvalue weighted by atomic mass is 16.5. The summed E-state index contributed by atoms with van der Waals surface area (Å²) in [5.41, 5.74) is 4.62. The Kier molecular flexibility index (Phi) is 6.56. The van der Waals surface area contributed by atoms with Crippen LogP contribution in [-0.2, 0) is 14.9 Å². The van der Waals surface area contributed by atoms with E-state index >= 15 is 0 Å². The number of ether oxygens (including phenoxy) is 1. The molecule has 1 fully saturated rings. The minimum Gasteiger partial charge on any atom is -0.469 e. The van der Waals surface area contributed by atoms with Crippen molar-refractivity contribution < 1.29 is 18.7 Å². The zero-order valence-electron chi connectivity index (χ0n) is 20.8. The zero-order valence-corrected chi connectivity index (χ0v) is 20.8. The first-order valence-electron chi connectivity index (χ1n) is 12.4. The number of aryl methyl sites for hydroxylation is 1. The van der Waals surface area contributed by atoms with Gasteiger partial charge in [-0.15, -0.1) is 0 Å². The molecule has 1 amide bonds. The summed E-state index contributed by atoms with van der Waals surface area (Å²) >= 11 is 0. The van der Waals surface area contributed by atoms with Gasteiger partial charge >= 0.3 is 5.97 Å². The maximum Gasteiger partial charge on any atom is 0.307 e. The molecule has 2 aliphatic rings. The van der Waals surface area contributed by atoms with Gasteiger partial charge in [-0.05, 0) is 61.6 Å². The molecular weight excluding hydrogens is 452 g/mol. The van der Waals surface area contributed by atoms with Crippen molar-refractivity contribution in [3.63, 3.8) is 0 Å². The Hall–Kier alpha value is -3.98. The Morgan fingerprint density at radius 3 is 2.56 bits per heavy atom. The SMILES string of the molecule is COC(=O)CCN1CC2(CCN(C(=O)c3ccc(C#Cc4ccccc4)o3)CC2)c2cc(C)ccc21. The highest BCUT2D eigenvalue weighted by Crippen LogP contribution is 2.47. The number of rotatable bonds is 4. The van der Waals surface area contributed by atoms with Gasteiger partial charge in [0.25, 0.3) is 5.91 Å². The summed E-state index contributed by atoms with van der Waals surface area (Å²) in [5, 5.41) is 0. The van der Waals surface area contributed by atoms with Gasteiger partial charge in [-0.25, -0.2) is 0 Å². The van der Waals surface area contributed by atoms with Crippen molar-refractivity contribution >= 4 is 17.6 Å². The predicted octanol–water partition coefficient (Wildman–Crippen LogP) is 4.54. The van der Waals surface area contributed by atoms with Crippen LogP contribution in [-0.4, -0.2) is 50.1 Å². The number of carbonyl (C=O) groups excluding carboxylic acids is 2. The second kappa shape index (κ2) is 9.94. The molecule has 1 saturated heterocycles. The van der Waals surface area contributed by atoms with E-state index in [4.69, 9.17) is 9.15 Å². The Bertz CT molecular complexity index is 1320. The molecule has 0 aliphatic carbocycles. The Morgan fingerprint density at radius 1 is 1.03 bits per heavy atom. The molecule has 2 aliphatic heterocycles. The van der Waals surface area contributed by atoms with E-state index in [1.165, 1.54) is 23.9 Å². The van der Waals surface area contributed by atoms with Crippen LogP contribution >= 0.6 is 0 Å². The lowest BCUT2D eigenvalue weighted by Gasteiger charge is -2.39. The van der Waals surface area contributed by atoms with Gasteiger partial charge in [0.1, 0.15) is 0 Å². The molecule has 2 aromatic carbocycles. The third kappa shape index (κ3) is 4.74. The van der Waals surface area contributed by atoms with Crippen molar-refractivity contribution in [2.45, 2.75) is 31.6 Å². The first-order valence-corrected chi connectivity index (χ1v) is 12.4. The van der Waals surface area contributed by atoms with Gasteiger partial charge in [-0.3, -0.25) is 9.59 Å². The number of fused-ring (bicyclic) bond motifs is 2. The van der Waals surface area contributed by atoms with Gasteiger partial charge < -0.3 is 19.0 Å². The zero-order chi connectivity index (χ0) is 25.1. The maximum atomic E-state index is 13.2. The third-order valence-electron chi connectivity index (χ3n) is 7.30. The summed E-state index contributed by atoms with van der Waals surface area (Å²) < 4.78 is 10.6. The van der Waals surface area contributed by atoms with Gasteiger partial charge in [-0.1, -0.05) is 41.8 Å². The van der Waals surface area contributed by atoms with E-state index in [1.807, 2.05) is 35.2 Å². The molecule has 0 bridgehead atoms. The molecule has 1 spiro atoms. The van der Waals surface area contributed by atoms with Gasteiger partial charge in [0.2, 0.25) is 0 Å². The minimum absolute atomic E-state index is 0.0241. The molecule has 0 atom stereocenters. The summed E-state index contributed by atoms with van der Waals surface area (Å²) in [6.07, 6.45) is 2.09. The smallest absolute Gasteiger partial charge is 0.307 e. The minimum atomic E-state index is -0.198. The van der Waals surface area contributed by atoms with Crippen molar-refractivity contribution in [2.24, 2.45) is 0 Å². The number of hydrogen-bond acceptors (Lipinski definition) is 5. The first kappa shape index (κ1) is 23.7. The van der Waals surface area contributed by atoms with Crippen LogP contribution in [0, 0.1) is 18.8 Å². The molecule has 1 aromatic heterocycles. The predicted molar refractivity (Wildman–Crippen MR) is 138 cm³/mol. The number of esters is 1. The molecule has 0 radical (unpaired) electrons. The highest BCUT2D eigenvalue weighted by molar-refractivity contribution is 5.91. The van der Waals surface area contributed by atoms with E-state index in [2.05, 4.69) is 41.9 Å². The van der Waals surface area contributed by atoms with Gasteiger partial charge in [0, 0.05) is 42.8 Å². The van der Waals surface area contributed by atoms with Gasteiger partial charge in [0.05, 0.1) is 13.5 Å². The average Bonchev–Trinajstić information content (AvgIpc) is 3.50. The number of piperidine rings is 1. The number of carbonyl (C=O) groups is 2.